The van der Waals surface area contributed by atoms with Gasteiger partial charge in [0.25, 0.3) is 5.91 Å². The van der Waals surface area contributed by atoms with Crippen LogP contribution in [0.25, 0.3) is 6.08 Å². The van der Waals surface area contributed by atoms with E-state index in [0.29, 0.717) is 17.0 Å². The molecule has 0 heterocycles. The summed E-state index contributed by atoms with van der Waals surface area (Å²) in [5, 5.41) is 20.8. The number of ether oxygens (including phenoxy) is 2. The number of anilines is 1. The number of hydrogen-bond acceptors (Lipinski definition) is 5. The molecule has 0 bridgehead atoms. The summed E-state index contributed by atoms with van der Waals surface area (Å²) < 4.78 is 10.5. The maximum Gasteiger partial charge on any atom is 0.266 e. The van der Waals surface area contributed by atoms with E-state index >= 15 is 0 Å². The Morgan fingerprint density at radius 2 is 1.96 bits per heavy atom. The average Bonchev–Trinajstić information content (AvgIpc) is 2.66. The lowest BCUT2D eigenvalue weighted by atomic mass is 10.1. The molecular weight excluding hydrogens is 366 g/mol. The van der Waals surface area contributed by atoms with Gasteiger partial charge >= 0.3 is 0 Å². The minimum atomic E-state index is -0.541. The van der Waals surface area contributed by atoms with Crippen LogP contribution in [-0.4, -0.2) is 19.6 Å². The Bertz CT molecular complexity index is 954. The number of aryl methyl sites for hydroxylation is 1. The van der Waals surface area contributed by atoms with Crippen molar-refractivity contribution in [3.8, 4) is 23.6 Å². The molecule has 0 spiro atoms. The molecule has 136 valence electrons. The summed E-state index contributed by atoms with van der Waals surface area (Å²) in [6, 6.07) is 14.0. The molecule has 0 saturated heterocycles. The molecule has 7 heteroatoms. The number of carbonyl (C=O) groups is 1. The van der Waals surface area contributed by atoms with Crippen LogP contribution < -0.4 is 14.8 Å². The van der Waals surface area contributed by atoms with Crippen molar-refractivity contribution in [2.45, 2.75) is 6.92 Å². The van der Waals surface area contributed by atoms with Crippen LogP contribution in [0.3, 0.4) is 0 Å². The van der Waals surface area contributed by atoms with Crippen molar-refractivity contribution in [3.05, 3.63) is 58.1 Å². The molecule has 2 aromatic carbocycles. The second-order valence-corrected chi connectivity index (χ2v) is 5.88. The van der Waals surface area contributed by atoms with Crippen molar-refractivity contribution in [1.29, 1.82) is 10.5 Å². The molecule has 0 radical (unpaired) electrons. The summed E-state index contributed by atoms with van der Waals surface area (Å²) >= 11 is 6.17. The third-order valence-corrected chi connectivity index (χ3v) is 3.80. The summed E-state index contributed by atoms with van der Waals surface area (Å²) in [4.78, 5) is 12.4. The maximum atomic E-state index is 12.4. The fourth-order valence-corrected chi connectivity index (χ4v) is 2.49. The monoisotopic (exact) mass is 381 g/mol. The SMILES string of the molecule is COc1cc(C=C(C#N)C(=O)Nc2ccc(C)cc2)cc(Cl)c1OCC#N. The number of carbonyl (C=O) groups excluding carboxylic acids is 1. The number of benzene rings is 2. The first kappa shape index (κ1) is 19.8. The van der Waals surface area contributed by atoms with Crippen LogP contribution in [-0.2, 0) is 4.79 Å². The lowest BCUT2D eigenvalue weighted by Crippen LogP contribution is -2.13. The van der Waals surface area contributed by atoms with Crippen LogP contribution in [0, 0.1) is 29.6 Å². The molecule has 27 heavy (non-hydrogen) atoms. The lowest BCUT2D eigenvalue weighted by Gasteiger charge is -2.11. The zero-order valence-corrected chi connectivity index (χ0v) is 15.5. The molecule has 0 aliphatic rings. The van der Waals surface area contributed by atoms with Gasteiger partial charge in [-0.2, -0.15) is 10.5 Å². The van der Waals surface area contributed by atoms with E-state index in [1.54, 1.807) is 18.2 Å². The predicted octanol–water partition coefficient (Wildman–Crippen LogP) is 4.11. The van der Waals surface area contributed by atoms with Crippen LogP contribution >= 0.6 is 11.6 Å². The van der Waals surface area contributed by atoms with Crippen molar-refractivity contribution in [3.63, 3.8) is 0 Å². The van der Waals surface area contributed by atoms with Gasteiger partial charge in [0.05, 0.1) is 12.1 Å². The third kappa shape index (κ3) is 5.24. The third-order valence-electron chi connectivity index (χ3n) is 3.52. The molecule has 1 amide bonds. The first-order valence-electron chi connectivity index (χ1n) is 7.85. The molecule has 6 nitrogen and oxygen atoms in total. The fourth-order valence-electron chi connectivity index (χ4n) is 2.22. The van der Waals surface area contributed by atoms with Crippen molar-refractivity contribution < 1.29 is 14.3 Å². The molecule has 2 aromatic rings. The topological polar surface area (TPSA) is 95.1 Å². The van der Waals surface area contributed by atoms with Crippen molar-refractivity contribution in [1.82, 2.24) is 0 Å². The van der Waals surface area contributed by atoms with Gasteiger partial charge in [-0.25, -0.2) is 0 Å². The van der Waals surface area contributed by atoms with E-state index in [4.69, 9.17) is 26.3 Å². The Morgan fingerprint density at radius 3 is 2.56 bits per heavy atom. The molecule has 0 fully saturated rings. The molecule has 0 unspecified atom stereocenters. The molecule has 0 aromatic heterocycles. The van der Waals surface area contributed by atoms with Crippen molar-refractivity contribution >= 4 is 29.3 Å². The molecule has 0 atom stereocenters. The molecule has 0 aliphatic carbocycles. The van der Waals surface area contributed by atoms with Crippen molar-refractivity contribution in [2.24, 2.45) is 0 Å². The number of nitriles is 2. The van der Waals surface area contributed by atoms with Crippen molar-refractivity contribution in [2.75, 3.05) is 19.0 Å². The second kappa shape index (κ2) is 9.28. The highest BCUT2D eigenvalue weighted by Crippen LogP contribution is 2.37. The van der Waals surface area contributed by atoms with Crippen LogP contribution in [0.2, 0.25) is 5.02 Å². The molecule has 0 saturated carbocycles. The maximum absolute atomic E-state index is 12.4. The van der Waals surface area contributed by atoms with Crippen LogP contribution in [0.4, 0.5) is 5.69 Å². The highest BCUT2D eigenvalue weighted by molar-refractivity contribution is 6.32. The van der Waals surface area contributed by atoms with E-state index in [1.807, 2.05) is 31.2 Å². The van der Waals surface area contributed by atoms with E-state index in [2.05, 4.69) is 5.32 Å². The smallest absolute Gasteiger partial charge is 0.266 e. The highest BCUT2D eigenvalue weighted by atomic mass is 35.5. The Kier molecular flexibility index (Phi) is 6.82. The van der Waals surface area contributed by atoms with Crippen LogP contribution in [0.15, 0.2) is 42.0 Å². The predicted molar refractivity (Wildman–Crippen MR) is 103 cm³/mol. The van der Waals surface area contributed by atoms with E-state index in [1.165, 1.54) is 19.3 Å². The van der Waals surface area contributed by atoms with Gasteiger partial charge in [0.2, 0.25) is 0 Å². The quantitative estimate of drug-likeness (QED) is 0.600. The standard InChI is InChI=1S/C20H16ClN3O3/c1-13-3-5-16(6-4-13)24-20(25)15(12-23)9-14-10-17(21)19(27-8-7-22)18(11-14)26-2/h3-6,9-11H,8H2,1-2H3,(H,24,25). The highest BCUT2D eigenvalue weighted by Gasteiger charge is 2.14. The number of hydrogen-bond donors (Lipinski definition) is 1. The number of amides is 1. The van der Waals surface area contributed by atoms with Gasteiger partial charge in [-0.05, 0) is 42.8 Å². The number of rotatable bonds is 6. The number of halogens is 1. The first-order valence-corrected chi connectivity index (χ1v) is 8.23. The number of methoxy groups -OCH3 is 1. The van der Waals surface area contributed by atoms with Gasteiger partial charge in [-0.15, -0.1) is 0 Å². The largest absolute Gasteiger partial charge is 0.493 e. The zero-order valence-electron chi connectivity index (χ0n) is 14.7. The minimum Gasteiger partial charge on any atom is -0.493 e. The second-order valence-electron chi connectivity index (χ2n) is 5.47. The van der Waals surface area contributed by atoms with E-state index in [9.17, 15) is 10.1 Å². The molecule has 1 N–H and O–H groups in total. The molecule has 0 aliphatic heterocycles. The summed E-state index contributed by atoms with van der Waals surface area (Å²) in [6.45, 7) is 1.75. The van der Waals surface area contributed by atoms with E-state index < -0.39 is 5.91 Å². The zero-order chi connectivity index (χ0) is 19.8. The van der Waals surface area contributed by atoms with Gasteiger partial charge < -0.3 is 14.8 Å². The van der Waals surface area contributed by atoms with Crippen LogP contribution in [0.1, 0.15) is 11.1 Å². The fraction of sp³-hybridized carbons (Fsp3) is 0.150. The van der Waals surface area contributed by atoms with Crippen LogP contribution in [0.5, 0.6) is 11.5 Å². The van der Waals surface area contributed by atoms with E-state index in [-0.39, 0.29) is 23.0 Å². The lowest BCUT2D eigenvalue weighted by molar-refractivity contribution is -0.112. The Hall–Kier alpha value is -3.48. The average molecular weight is 382 g/mol. The minimum absolute atomic E-state index is 0.0978. The number of nitrogens with zero attached hydrogens (tertiary/aromatic N) is 2. The summed E-state index contributed by atoms with van der Waals surface area (Å²) in [5.41, 5.74) is 2.03. The number of nitrogens with one attached hydrogen (secondary N) is 1. The van der Waals surface area contributed by atoms with E-state index in [0.717, 1.165) is 5.56 Å². The van der Waals surface area contributed by atoms with Gasteiger partial charge in [-0.3, -0.25) is 4.79 Å². The normalized spacial score (nSPS) is 10.5. The van der Waals surface area contributed by atoms with Gasteiger partial charge in [0.15, 0.2) is 18.1 Å². The Labute approximate surface area is 162 Å². The van der Waals surface area contributed by atoms with Gasteiger partial charge in [-0.1, -0.05) is 29.3 Å². The Morgan fingerprint density at radius 1 is 1.26 bits per heavy atom. The van der Waals surface area contributed by atoms with Gasteiger partial charge in [0.1, 0.15) is 17.7 Å². The molecular formula is C20H16ClN3O3. The summed E-state index contributed by atoms with van der Waals surface area (Å²) in [5.74, 6) is -0.0260. The molecule has 2 rings (SSSR count). The Balaban J connectivity index is 2.29. The summed E-state index contributed by atoms with van der Waals surface area (Å²) in [6.07, 6.45) is 1.39. The first-order chi connectivity index (χ1) is 13.0. The summed E-state index contributed by atoms with van der Waals surface area (Å²) in [7, 11) is 1.42. The van der Waals surface area contributed by atoms with Gasteiger partial charge in [0, 0.05) is 5.69 Å².